The van der Waals surface area contributed by atoms with Crippen LogP contribution >= 0.6 is 23.2 Å². The van der Waals surface area contributed by atoms with Crippen LogP contribution in [-0.2, 0) is 16.6 Å². The summed E-state index contributed by atoms with van der Waals surface area (Å²) in [7, 11) is -2.07. The van der Waals surface area contributed by atoms with E-state index in [0.29, 0.717) is 10.0 Å². The van der Waals surface area contributed by atoms with Gasteiger partial charge < -0.3 is 0 Å². The Morgan fingerprint density at radius 1 is 1.05 bits per heavy atom. The number of hydrogen-bond acceptors (Lipinski definition) is 2. The average Bonchev–Trinajstić information content (AvgIpc) is 2.41. The van der Waals surface area contributed by atoms with Gasteiger partial charge in [-0.05, 0) is 29.8 Å². The van der Waals surface area contributed by atoms with Gasteiger partial charge in [-0.1, -0.05) is 47.5 Å². The molecule has 0 aliphatic carbocycles. The van der Waals surface area contributed by atoms with Gasteiger partial charge in [-0.3, -0.25) is 0 Å². The average molecular weight is 330 g/mol. The molecular weight excluding hydrogens is 317 g/mol. The van der Waals surface area contributed by atoms with Crippen molar-refractivity contribution in [3.63, 3.8) is 0 Å². The number of nitrogens with zero attached hydrogens (tertiary/aromatic N) is 1. The van der Waals surface area contributed by atoms with Crippen molar-refractivity contribution >= 4 is 33.2 Å². The summed E-state index contributed by atoms with van der Waals surface area (Å²) in [5, 5.41) is 0.929. The third kappa shape index (κ3) is 3.33. The highest BCUT2D eigenvalue weighted by Gasteiger charge is 2.21. The Balaban J connectivity index is 2.29. The van der Waals surface area contributed by atoms with Crippen LogP contribution in [0.4, 0.5) is 0 Å². The van der Waals surface area contributed by atoms with Crippen molar-refractivity contribution in [3.05, 3.63) is 64.1 Å². The number of benzene rings is 2. The molecule has 0 bridgehead atoms. The van der Waals surface area contributed by atoms with Gasteiger partial charge in [-0.15, -0.1) is 0 Å². The van der Waals surface area contributed by atoms with Crippen molar-refractivity contribution in [2.45, 2.75) is 11.4 Å². The highest BCUT2D eigenvalue weighted by molar-refractivity contribution is 7.89. The minimum Gasteiger partial charge on any atom is -0.207 e. The van der Waals surface area contributed by atoms with E-state index in [-0.39, 0.29) is 11.4 Å². The number of rotatable bonds is 4. The Bertz CT molecular complexity index is 717. The van der Waals surface area contributed by atoms with E-state index < -0.39 is 10.0 Å². The van der Waals surface area contributed by atoms with Gasteiger partial charge in [-0.2, -0.15) is 4.31 Å². The molecular formula is C14H13Cl2NO2S. The van der Waals surface area contributed by atoms with E-state index in [1.54, 1.807) is 30.3 Å². The Labute approximate surface area is 128 Å². The second-order valence-corrected chi connectivity index (χ2v) is 7.20. The van der Waals surface area contributed by atoms with E-state index in [1.165, 1.54) is 23.5 Å². The van der Waals surface area contributed by atoms with Crippen LogP contribution in [0.2, 0.25) is 10.0 Å². The first-order valence-electron chi connectivity index (χ1n) is 5.86. The minimum atomic E-state index is -3.59. The Morgan fingerprint density at radius 2 is 1.75 bits per heavy atom. The van der Waals surface area contributed by atoms with Crippen molar-refractivity contribution in [2.75, 3.05) is 7.05 Å². The van der Waals surface area contributed by atoms with Crippen LogP contribution in [0, 0.1) is 0 Å². The first-order valence-corrected chi connectivity index (χ1v) is 8.06. The molecule has 0 saturated heterocycles. The Kier molecular flexibility index (Phi) is 4.70. The normalized spacial score (nSPS) is 11.8. The third-order valence-corrected chi connectivity index (χ3v) is 5.26. The first-order chi connectivity index (χ1) is 9.41. The van der Waals surface area contributed by atoms with Crippen LogP contribution in [0.5, 0.6) is 0 Å². The van der Waals surface area contributed by atoms with Gasteiger partial charge in [0, 0.05) is 23.6 Å². The largest absolute Gasteiger partial charge is 0.243 e. The summed E-state index contributed by atoms with van der Waals surface area (Å²) >= 11 is 11.9. The zero-order valence-corrected chi connectivity index (χ0v) is 13.1. The van der Waals surface area contributed by atoms with Crippen LogP contribution in [0.1, 0.15) is 5.56 Å². The highest BCUT2D eigenvalue weighted by Crippen LogP contribution is 2.22. The van der Waals surface area contributed by atoms with Crippen LogP contribution < -0.4 is 0 Å². The molecule has 3 nitrogen and oxygen atoms in total. The Morgan fingerprint density at radius 3 is 2.40 bits per heavy atom. The van der Waals surface area contributed by atoms with Crippen LogP contribution in [0.25, 0.3) is 0 Å². The molecule has 2 aromatic rings. The van der Waals surface area contributed by atoms with Crippen molar-refractivity contribution in [1.29, 1.82) is 0 Å². The zero-order chi connectivity index (χ0) is 14.8. The molecule has 0 atom stereocenters. The van der Waals surface area contributed by atoms with Gasteiger partial charge in [0.25, 0.3) is 0 Å². The summed E-state index contributed by atoms with van der Waals surface area (Å²) in [6, 6.07) is 13.3. The molecule has 0 fully saturated rings. The molecule has 0 amide bonds. The topological polar surface area (TPSA) is 37.4 Å². The summed E-state index contributed by atoms with van der Waals surface area (Å²) in [5.41, 5.74) is 0.752. The van der Waals surface area contributed by atoms with Gasteiger partial charge in [0.2, 0.25) is 10.0 Å². The molecule has 0 unspecified atom stereocenters. The number of halogens is 2. The van der Waals surface area contributed by atoms with Crippen molar-refractivity contribution < 1.29 is 8.42 Å². The SMILES string of the molecule is CN(Cc1ccccc1Cl)S(=O)(=O)c1cccc(Cl)c1. The molecule has 2 aromatic carbocycles. The molecule has 6 heteroatoms. The maximum Gasteiger partial charge on any atom is 0.243 e. The molecule has 106 valence electrons. The summed E-state index contributed by atoms with van der Waals surface area (Å²) < 4.78 is 26.1. The molecule has 0 N–H and O–H groups in total. The first kappa shape index (κ1) is 15.3. The predicted octanol–water partition coefficient (Wildman–Crippen LogP) is 3.81. The van der Waals surface area contributed by atoms with Gasteiger partial charge in [0.1, 0.15) is 0 Å². The lowest BCUT2D eigenvalue weighted by Crippen LogP contribution is -2.26. The molecule has 0 spiro atoms. The van der Waals surface area contributed by atoms with Crippen LogP contribution in [0.15, 0.2) is 53.4 Å². The fraction of sp³-hybridized carbons (Fsp3) is 0.143. The lowest BCUT2D eigenvalue weighted by atomic mass is 10.2. The molecule has 0 aromatic heterocycles. The van der Waals surface area contributed by atoms with E-state index in [0.717, 1.165) is 5.56 Å². The second kappa shape index (κ2) is 6.14. The summed E-state index contributed by atoms with van der Waals surface area (Å²) in [6.45, 7) is 0.203. The highest BCUT2D eigenvalue weighted by atomic mass is 35.5. The van der Waals surface area contributed by atoms with E-state index in [2.05, 4.69) is 0 Å². The fourth-order valence-electron chi connectivity index (χ4n) is 1.76. The monoisotopic (exact) mass is 329 g/mol. The molecule has 0 heterocycles. The predicted molar refractivity (Wildman–Crippen MR) is 81.6 cm³/mol. The quantitative estimate of drug-likeness (QED) is 0.855. The molecule has 0 aliphatic rings. The second-order valence-electron chi connectivity index (χ2n) is 4.31. The van der Waals surface area contributed by atoms with Gasteiger partial charge in [-0.25, -0.2) is 8.42 Å². The molecule has 0 saturated carbocycles. The fourth-order valence-corrected chi connectivity index (χ4v) is 3.40. The van der Waals surface area contributed by atoms with Gasteiger partial charge in [0.15, 0.2) is 0 Å². The molecule has 2 rings (SSSR count). The molecule has 0 aliphatic heterocycles. The molecule has 0 radical (unpaired) electrons. The van der Waals surface area contributed by atoms with Gasteiger partial charge in [0.05, 0.1) is 4.90 Å². The Hall–Kier alpha value is -1.07. The van der Waals surface area contributed by atoms with E-state index in [4.69, 9.17) is 23.2 Å². The summed E-state index contributed by atoms with van der Waals surface area (Å²) in [4.78, 5) is 0.166. The smallest absolute Gasteiger partial charge is 0.207 e. The number of sulfonamides is 1. The van der Waals surface area contributed by atoms with Crippen molar-refractivity contribution in [1.82, 2.24) is 4.31 Å². The van der Waals surface area contributed by atoms with Crippen molar-refractivity contribution in [2.24, 2.45) is 0 Å². The standard InChI is InChI=1S/C14H13Cl2NO2S/c1-17(10-11-5-2-3-8-14(11)16)20(18,19)13-7-4-6-12(15)9-13/h2-9H,10H2,1H3. The number of hydrogen-bond donors (Lipinski definition) is 0. The van der Waals surface area contributed by atoms with Crippen molar-refractivity contribution in [3.8, 4) is 0 Å². The maximum atomic E-state index is 12.4. The lowest BCUT2D eigenvalue weighted by molar-refractivity contribution is 0.467. The zero-order valence-electron chi connectivity index (χ0n) is 10.8. The minimum absolute atomic E-state index is 0.166. The van der Waals surface area contributed by atoms with Crippen LogP contribution in [-0.4, -0.2) is 19.8 Å². The van der Waals surface area contributed by atoms with E-state index >= 15 is 0 Å². The third-order valence-electron chi connectivity index (χ3n) is 2.86. The summed E-state index contributed by atoms with van der Waals surface area (Å²) in [6.07, 6.45) is 0. The van der Waals surface area contributed by atoms with E-state index in [1.807, 2.05) is 6.07 Å². The van der Waals surface area contributed by atoms with Gasteiger partial charge >= 0.3 is 0 Å². The maximum absolute atomic E-state index is 12.4. The van der Waals surface area contributed by atoms with Crippen LogP contribution in [0.3, 0.4) is 0 Å². The lowest BCUT2D eigenvalue weighted by Gasteiger charge is -2.18. The summed E-state index contributed by atoms with van der Waals surface area (Å²) in [5.74, 6) is 0. The molecule has 20 heavy (non-hydrogen) atoms. The van der Waals surface area contributed by atoms with E-state index in [9.17, 15) is 8.42 Å².